The highest BCUT2D eigenvalue weighted by atomic mass is 16.6. The molecule has 0 saturated carbocycles. The van der Waals surface area contributed by atoms with Gasteiger partial charge in [-0.1, -0.05) is 18.2 Å². The Morgan fingerprint density at radius 2 is 1.72 bits per heavy atom. The highest BCUT2D eigenvalue weighted by Gasteiger charge is 2.26. The number of benzene rings is 2. The van der Waals surface area contributed by atoms with Crippen molar-refractivity contribution in [1.82, 2.24) is 9.78 Å². The molecule has 1 heterocycles. The Morgan fingerprint density at radius 1 is 1.03 bits per heavy atom. The Morgan fingerprint density at radius 3 is 2.31 bits per heavy atom. The molecule has 0 atom stereocenters. The van der Waals surface area contributed by atoms with Gasteiger partial charge in [-0.05, 0) is 18.2 Å². The smallest absolute Gasteiger partial charge is 0.301 e. The zero-order valence-electron chi connectivity index (χ0n) is 14.5. The van der Waals surface area contributed by atoms with Crippen LogP contribution in [0.25, 0.3) is 5.69 Å². The molecule has 0 fully saturated rings. The van der Waals surface area contributed by atoms with E-state index >= 15 is 0 Å². The second kappa shape index (κ2) is 7.56. The SMILES string of the molecule is NC(=O)c1cnn(-c2ccc([N+](=O)[O-])cc2[N+](=O)[O-])c1NC(=O)c1ccccc1. The molecule has 2 amide bonds. The Hall–Kier alpha value is -4.61. The molecule has 3 N–H and O–H groups in total. The van der Waals surface area contributed by atoms with Crippen molar-refractivity contribution in [3.05, 3.63) is 86.1 Å². The second-order valence-electron chi connectivity index (χ2n) is 5.69. The number of hydrogen-bond donors (Lipinski definition) is 2. The maximum absolute atomic E-state index is 12.5. The summed E-state index contributed by atoms with van der Waals surface area (Å²) >= 11 is 0. The van der Waals surface area contributed by atoms with Gasteiger partial charge in [-0.15, -0.1) is 0 Å². The standard InChI is InChI=1S/C17H12N6O6/c18-15(24)12-9-19-21(16(12)20-17(25)10-4-2-1-3-5-10)13-7-6-11(22(26)27)8-14(13)23(28)29/h1-9H,(H2,18,24)(H,20,25). The minimum absolute atomic E-state index is 0.193. The molecule has 2 aromatic carbocycles. The monoisotopic (exact) mass is 396 g/mol. The fraction of sp³-hybridized carbons (Fsp3) is 0. The predicted molar refractivity (Wildman–Crippen MR) is 99.8 cm³/mol. The number of carbonyl (C=O) groups is 2. The summed E-state index contributed by atoms with van der Waals surface area (Å²) in [5.74, 6) is -1.74. The molecule has 0 aliphatic rings. The average molecular weight is 396 g/mol. The number of anilines is 1. The molecular weight excluding hydrogens is 384 g/mol. The number of nitrogens with zero attached hydrogens (tertiary/aromatic N) is 4. The Bertz CT molecular complexity index is 1140. The molecule has 0 spiro atoms. The van der Waals surface area contributed by atoms with E-state index < -0.39 is 33.0 Å². The van der Waals surface area contributed by atoms with Crippen LogP contribution < -0.4 is 11.1 Å². The van der Waals surface area contributed by atoms with Crippen LogP contribution in [0.4, 0.5) is 17.2 Å². The van der Waals surface area contributed by atoms with Gasteiger partial charge in [-0.25, -0.2) is 4.68 Å². The third-order valence-corrected chi connectivity index (χ3v) is 3.90. The van der Waals surface area contributed by atoms with E-state index in [-0.39, 0.29) is 22.6 Å². The van der Waals surface area contributed by atoms with Crippen molar-refractivity contribution < 1.29 is 19.4 Å². The van der Waals surface area contributed by atoms with Crippen LogP contribution in [-0.2, 0) is 0 Å². The van der Waals surface area contributed by atoms with Crippen molar-refractivity contribution in [2.24, 2.45) is 5.73 Å². The van der Waals surface area contributed by atoms with Crippen LogP contribution in [0, 0.1) is 20.2 Å². The van der Waals surface area contributed by atoms with Gasteiger partial charge in [0.15, 0.2) is 0 Å². The fourth-order valence-electron chi connectivity index (χ4n) is 2.55. The number of nitrogens with one attached hydrogen (secondary N) is 1. The van der Waals surface area contributed by atoms with Gasteiger partial charge in [-0.2, -0.15) is 5.10 Å². The quantitative estimate of drug-likeness (QED) is 0.473. The van der Waals surface area contributed by atoms with E-state index in [1.807, 2.05) is 0 Å². The minimum atomic E-state index is -0.927. The number of nitro groups is 2. The second-order valence-corrected chi connectivity index (χ2v) is 5.69. The predicted octanol–water partition coefficient (Wildman–Crippen LogP) is 2.04. The zero-order chi connectivity index (χ0) is 21.1. The number of amides is 2. The summed E-state index contributed by atoms with van der Waals surface area (Å²) in [5.41, 5.74) is 4.04. The van der Waals surface area contributed by atoms with Crippen molar-refractivity contribution in [1.29, 1.82) is 0 Å². The summed E-state index contributed by atoms with van der Waals surface area (Å²) in [6.07, 6.45) is 1.04. The maximum atomic E-state index is 12.5. The van der Waals surface area contributed by atoms with Crippen molar-refractivity contribution in [3.8, 4) is 5.69 Å². The number of aromatic nitrogens is 2. The molecule has 1 aromatic heterocycles. The van der Waals surface area contributed by atoms with Crippen LogP contribution in [-0.4, -0.2) is 31.4 Å². The number of nitro benzene ring substituents is 2. The summed E-state index contributed by atoms with van der Waals surface area (Å²) in [6.45, 7) is 0. The van der Waals surface area contributed by atoms with Crippen molar-refractivity contribution in [2.75, 3.05) is 5.32 Å². The van der Waals surface area contributed by atoms with Gasteiger partial charge in [0.1, 0.15) is 17.1 Å². The van der Waals surface area contributed by atoms with Crippen LogP contribution in [0.1, 0.15) is 20.7 Å². The van der Waals surface area contributed by atoms with Gasteiger partial charge in [0.2, 0.25) is 0 Å². The lowest BCUT2D eigenvalue weighted by atomic mass is 10.2. The van der Waals surface area contributed by atoms with Gasteiger partial charge >= 0.3 is 5.69 Å². The number of non-ortho nitro benzene ring substituents is 1. The largest absolute Gasteiger partial charge is 0.365 e. The molecule has 0 radical (unpaired) electrons. The number of nitrogens with two attached hydrogens (primary N) is 1. The molecule has 146 valence electrons. The number of carbonyl (C=O) groups excluding carboxylic acids is 2. The molecule has 3 aromatic rings. The third-order valence-electron chi connectivity index (χ3n) is 3.90. The fourth-order valence-corrected chi connectivity index (χ4v) is 2.55. The van der Waals surface area contributed by atoms with Crippen LogP contribution in [0.15, 0.2) is 54.7 Å². The summed E-state index contributed by atoms with van der Waals surface area (Å²) in [7, 11) is 0. The van der Waals surface area contributed by atoms with Gasteiger partial charge in [0.25, 0.3) is 17.5 Å². The lowest BCUT2D eigenvalue weighted by Crippen LogP contribution is -2.20. The lowest BCUT2D eigenvalue weighted by molar-refractivity contribution is -0.394. The van der Waals surface area contributed by atoms with Crippen molar-refractivity contribution >= 4 is 29.0 Å². The maximum Gasteiger partial charge on any atom is 0.301 e. The van der Waals surface area contributed by atoms with E-state index in [2.05, 4.69) is 10.4 Å². The van der Waals surface area contributed by atoms with E-state index in [0.717, 1.165) is 29.1 Å². The summed E-state index contributed by atoms with van der Waals surface area (Å²) in [4.78, 5) is 45.0. The summed E-state index contributed by atoms with van der Waals surface area (Å²) in [5, 5.41) is 28.7. The average Bonchev–Trinajstić information content (AvgIpc) is 3.11. The van der Waals surface area contributed by atoms with E-state index in [1.54, 1.807) is 18.2 Å². The molecule has 12 nitrogen and oxygen atoms in total. The topological polar surface area (TPSA) is 176 Å². The van der Waals surface area contributed by atoms with Gasteiger partial charge in [0.05, 0.1) is 22.1 Å². The first-order chi connectivity index (χ1) is 13.8. The van der Waals surface area contributed by atoms with E-state index in [4.69, 9.17) is 5.73 Å². The van der Waals surface area contributed by atoms with Crippen LogP contribution in [0.3, 0.4) is 0 Å². The molecule has 3 rings (SSSR count). The lowest BCUT2D eigenvalue weighted by Gasteiger charge is -2.11. The number of primary amides is 1. The summed E-state index contributed by atoms with van der Waals surface area (Å²) in [6, 6.07) is 10.9. The first-order valence-corrected chi connectivity index (χ1v) is 7.97. The molecule has 29 heavy (non-hydrogen) atoms. The molecule has 0 saturated heterocycles. The molecular formula is C17H12N6O6. The summed E-state index contributed by atoms with van der Waals surface area (Å²) < 4.78 is 0.919. The normalized spacial score (nSPS) is 10.3. The van der Waals surface area contributed by atoms with Crippen LogP contribution in [0.5, 0.6) is 0 Å². The van der Waals surface area contributed by atoms with E-state index in [9.17, 15) is 29.8 Å². The number of hydrogen-bond acceptors (Lipinski definition) is 7. The first kappa shape index (κ1) is 19.2. The number of rotatable bonds is 6. The Balaban J connectivity index is 2.14. The highest BCUT2D eigenvalue weighted by Crippen LogP contribution is 2.31. The molecule has 0 aliphatic heterocycles. The van der Waals surface area contributed by atoms with Gasteiger partial charge in [0, 0.05) is 11.6 Å². The molecule has 0 unspecified atom stereocenters. The zero-order valence-corrected chi connectivity index (χ0v) is 14.5. The Labute approximate surface area is 161 Å². The minimum Gasteiger partial charge on any atom is -0.365 e. The van der Waals surface area contributed by atoms with Crippen LogP contribution in [0.2, 0.25) is 0 Å². The van der Waals surface area contributed by atoms with Gasteiger partial charge < -0.3 is 11.1 Å². The highest BCUT2D eigenvalue weighted by molar-refractivity contribution is 6.08. The van der Waals surface area contributed by atoms with Crippen molar-refractivity contribution in [3.63, 3.8) is 0 Å². The van der Waals surface area contributed by atoms with Crippen LogP contribution >= 0.6 is 0 Å². The van der Waals surface area contributed by atoms with E-state index in [0.29, 0.717) is 0 Å². The first-order valence-electron chi connectivity index (χ1n) is 7.97. The molecule has 0 bridgehead atoms. The molecule has 0 aliphatic carbocycles. The Kier molecular flexibility index (Phi) is 4.99. The van der Waals surface area contributed by atoms with E-state index in [1.165, 1.54) is 12.1 Å². The van der Waals surface area contributed by atoms with Crippen molar-refractivity contribution in [2.45, 2.75) is 0 Å². The molecule has 12 heteroatoms. The third kappa shape index (κ3) is 3.75. The van der Waals surface area contributed by atoms with Gasteiger partial charge in [-0.3, -0.25) is 29.8 Å².